The van der Waals surface area contributed by atoms with Gasteiger partial charge in [-0.1, -0.05) is 0 Å². The van der Waals surface area contributed by atoms with E-state index in [-0.39, 0.29) is 5.56 Å². The number of piperidine rings is 1. The molecule has 0 radical (unpaired) electrons. The van der Waals surface area contributed by atoms with Crippen LogP contribution in [-0.4, -0.2) is 34.7 Å². The molecular weight excluding hydrogens is 304 g/mol. The molecule has 1 aliphatic heterocycles. The van der Waals surface area contributed by atoms with Crippen LogP contribution < -0.4 is 15.8 Å². The monoisotopic (exact) mass is 330 g/mol. The molecule has 2 atom stereocenters. The first-order valence-corrected chi connectivity index (χ1v) is 8.68. The molecular formula is C18H26N4O2. The first-order chi connectivity index (χ1) is 11.6. The largest absolute Gasteiger partial charge is 0.469 e. The molecule has 0 aromatic carbocycles. The normalized spacial score (nSPS) is 19.4. The Labute approximate surface area is 142 Å². The molecule has 0 unspecified atom stereocenters. The summed E-state index contributed by atoms with van der Waals surface area (Å²) < 4.78 is 6.98. The lowest BCUT2D eigenvalue weighted by molar-refractivity contribution is 0.366. The minimum absolute atomic E-state index is 0.0241. The van der Waals surface area contributed by atoms with Gasteiger partial charge in [-0.2, -0.15) is 0 Å². The SMILES string of the molecule is C[C@H](CCc1ccco1)N[C@@H]1CCCN(c2nccn(C)c2=O)C1. The van der Waals surface area contributed by atoms with Gasteiger partial charge in [-0.15, -0.1) is 0 Å². The zero-order chi connectivity index (χ0) is 16.9. The van der Waals surface area contributed by atoms with Gasteiger partial charge in [-0.05, 0) is 38.3 Å². The summed E-state index contributed by atoms with van der Waals surface area (Å²) in [5.41, 5.74) is -0.0241. The Morgan fingerprint density at radius 3 is 3.17 bits per heavy atom. The second-order valence-electron chi connectivity index (χ2n) is 6.64. The van der Waals surface area contributed by atoms with Crippen molar-refractivity contribution in [2.45, 2.75) is 44.7 Å². The maximum atomic E-state index is 12.3. The molecule has 130 valence electrons. The zero-order valence-electron chi connectivity index (χ0n) is 14.4. The Bertz CT molecular complexity index is 695. The first kappa shape index (κ1) is 16.8. The van der Waals surface area contributed by atoms with E-state index in [1.165, 1.54) is 0 Å². The van der Waals surface area contributed by atoms with E-state index in [1.54, 1.807) is 30.3 Å². The van der Waals surface area contributed by atoms with E-state index in [9.17, 15) is 4.79 Å². The fourth-order valence-electron chi connectivity index (χ4n) is 3.31. The molecule has 0 spiro atoms. The molecule has 24 heavy (non-hydrogen) atoms. The van der Waals surface area contributed by atoms with Gasteiger partial charge < -0.3 is 19.2 Å². The molecule has 6 nitrogen and oxygen atoms in total. The van der Waals surface area contributed by atoms with Gasteiger partial charge in [0.2, 0.25) is 0 Å². The molecule has 0 aliphatic carbocycles. The highest BCUT2D eigenvalue weighted by Crippen LogP contribution is 2.16. The van der Waals surface area contributed by atoms with Crippen LogP contribution in [0, 0.1) is 0 Å². The molecule has 1 fully saturated rings. The van der Waals surface area contributed by atoms with E-state index in [0.717, 1.165) is 44.5 Å². The molecule has 1 N–H and O–H groups in total. The molecule has 0 bridgehead atoms. The average Bonchev–Trinajstić information content (AvgIpc) is 3.09. The Morgan fingerprint density at radius 2 is 2.38 bits per heavy atom. The number of hydrogen-bond donors (Lipinski definition) is 1. The van der Waals surface area contributed by atoms with Gasteiger partial charge in [0.05, 0.1) is 6.26 Å². The van der Waals surface area contributed by atoms with Crippen LogP contribution in [0.5, 0.6) is 0 Å². The molecule has 6 heteroatoms. The number of furan rings is 1. The Morgan fingerprint density at radius 1 is 1.50 bits per heavy atom. The summed E-state index contributed by atoms with van der Waals surface area (Å²) in [5.74, 6) is 1.60. The van der Waals surface area contributed by atoms with E-state index < -0.39 is 0 Å². The summed E-state index contributed by atoms with van der Waals surface area (Å²) in [6, 6.07) is 4.75. The van der Waals surface area contributed by atoms with E-state index in [4.69, 9.17) is 4.42 Å². The molecule has 2 aromatic heterocycles. The quantitative estimate of drug-likeness (QED) is 0.877. The van der Waals surface area contributed by atoms with Crippen molar-refractivity contribution in [2.24, 2.45) is 7.05 Å². The Kier molecular flexibility index (Phi) is 5.35. The highest BCUT2D eigenvalue weighted by Gasteiger charge is 2.23. The number of nitrogens with one attached hydrogen (secondary N) is 1. The average molecular weight is 330 g/mol. The van der Waals surface area contributed by atoms with Gasteiger partial charge in [0.15, 0.2) is 5.82 Å². The third-order valence-corrected chi connectivity index (χ3v) is 4.64. The van der Waals surface area contributed by atoms with Crippen molar-refractivity contribution >= 4 is 5.82 Å². The van der Waals surface area contributed by atoms with Crippen molar-refractivity contribution in [1.29, 1.82) is 0 Å². The molecule has 0 amide bonds. The smallest absolute Gasteiger partial charge is 0.293 e. The third-order valence-electron chi connectivity index (χ3n) is 4.64. The molecule has 3 heterocycles. The summed E-state index contributed by atoms with van der Waals surface area (Å²) >= 11 is 0. The van der Waals surface area contributed by atoms with Crippen LogP contribution in [-0.2, 0) is 13.5 Å². The second-order valence-corrected chi connectivity index (χ2v) is 6.64. The van der Waals surface area contributed by atoms with Gasteiger partial charge >= 0.3 is 0 Å². The molecule has 1 aliphatic rings. The first-order valence-electron chi connectivity index (χ1n) is 8.68. The van der Waals surface area contributed by atoms with Gasteiger partial charge in [0.1, 0.15) is 5.76 Å². The van der Waals surface area contributed by atoms with E-state index in [2.05, 4.69) is 22.1 Å². The number of anilines is 1. The topological polar surface area (TPSA) is 63.3 Å². The van der Waals surface area contributed by atoms with Gasteiger partial charge in [-0.3, -0.25) is 4.79 Å². The lowest BCUT2D eigenvalue weighted by Crippen LogP contribution is -2.50. The fourth-order valence-corrected chi connectivity index (χ4v) is 3.31. The highest BCUT2D eigenvalue weighted by atomic mass is 16.3. The maximum Gasteiger partial charge on any atom is 0.293 e. The second kappa shape index (κ2) is 7.66. The van der Waals surface area contributed by atoms with Crippen LogP contribution in [0.25, 0.3) is 0 Å². The van der Waals surface area contributed by atoms with Crippen LogP contribution in [0.2, 0.25) is 0 Å². The number of hydrogen-bond acceptors (Lipinski definition) is 5. The Balaban J connectivity index is 1.55. The highest BCUT2D eigenvalue weighted by molar-refractivity contribution is 5.36. The minimum Gasteiger partial charge on any atom is -0.469 e. The van der Waals surface area contributed by atoms with Gasteiger partial charge in [-0.25, -0.2) is 4.98 Å². The van der Waals surface area contributed by atoms with Crippen LogP contribution in [0.4, 0.5) is 5.82 Å². The van der Waals surface area contributed by atoms with Gasteiger partial charge in [0.25, 0.3) is 5.56 Å². The van der Waals surface area contributed by atoms with Crippen LogP contribution >= 0.6 is 0 Å². The standard InChI is InChI=1S/C18H26N4O2/c1-14(7-8-16-6-4-12-24-16)20-15-5-3-10-22(13-15)17-18(23)21(2)11-9-19-17/h4,6,9,11-12,14-15,20H,3,5,7-8,10,13H2,1-2H3/t14-,15-/m1/s1. The lowest BCUT2D eigenvalue weighted by atomic mass is 10.0. The number of aryl methyl sites for hydroxylation is 2. The van der Waals surface area contributed by atoms with Crippen LogP contribution in [0.1, 0.15) is 31.9 Å². The zero-order valence-corrected chi connectivity index (χ0v) is 14.4. The summed E-state index contributed by atoms with van der Waals surface area (Å²) in [6.07, 6.45) is 9.30. The summed E-state index contributed by atoms with van der Waals surface area (Å²) in [6.45, 7) is 3.93. The minimum atomic E-state index is -0.0241. The molecule has 1 saturated heterocycles. The van der Waals surface area contributed by atoms with Crippen molar-refractivity contribution in [2.75, 3.05) is 18.0 Å². The van der Waals surface area contributed by atoms with Gasteiger partial charge in [0, 0.05) is 51.0 Å². The van der Waals surface area contributed by atoms with E-state index in [0.29, 0.717) is 17.9 Å². The van der Waals surface area contributed by atoms with Crippen molar-refractivity contribution in [3.8, 4) is 0 Å². The summed E-state index contributed by atoms with van der Waals surface area (Å²) in [4.78, 5) is 18.7. The predicted molar refractivity (Wildman–Crippen MR) is 94.3 cm³/mol. The fraction of sp³-hybridized carbons (Fsp3) is 0.556. The number of aromatic nitrogens is 2. The predicted octanol–water partition coefficient (Wildman–Crippen LogP) is 1.95. The summed E-state index contributed by atoms with van der Waals surface area (Å²) in [5, 5.41) is 3.70. The van der Waals surface area contributed by atoms with E-state index >= 15 is 0 Å². The van der Waals surface area contributed by atoms with E-state index in [1.807, 2.05) is 12.1 Å². The van der Waals surface area contributed by atoms with Crippen molar-refractivity contribution < 1.29 is 4.42 Å². The maximum absolute atomic E-state index is 12.3. The summed E-state index contributed by atoms with van der Waals surface area (Å²) in [7, 11) is 1.77. The molecule has 3 rings (SSSR count). The molecule has 0 saturated carbocycles. The number of rotatable bonds is 6. The van der Waals surface area contributed by atoms with Crippen LogP contribution in [0.15, 0.2) is 40.0 Å². The van der Waals surface area contributed by atoms with Crippen LogP contribution in [0.3, 0.4) is 0 Å². The van der Waals surface area contributed by atoms with Crippen molar-refractivity contribution in [3.05, 3.63) is 46.9 Å². The number of nitrogens with zero attached hydrogens (tertiary/aromatic N) is 3. The third kappa shape index (κ3) is 4.06. The Hall–Kier alpha value is -2.08. The van der Waals surface area contributed by atoms with Crippen molar-refractivity contribution in [1.82, 2.24) is 14.9 Å². The van der Waals surface area contributed by atoms with Crippen molar-refractivity contribution in [3.63, 3.8) is 0 Å². The lowest BCUT2D eigenvalue weighted by Gasteiger charge is -2.35. The molecule has 2 aromatic rings.